The molecule has 0 fully saturated rings. The molecule has 1 unspecified atom stereocenters. The number of carbonyl (C=O) groups is 1. The van der Waals surface area contributed by atoms with Crippen molar-refractivity contribution < 1.29 is 13.9 Å². The summed E-state index contributed by atoms with van der Waals surface area (Å²) in [5.74, 6) is -0.406. The Labute approximate surface area is 115 Å². The number of ether oxygens (including phenoxy) is 1. The molecule has 0 radical (unpaired) electrons. The number of nitrogens with one attached hydrogen (secondary N) is 1. The number of imidazole rings is 1. The average molecular weight is 280 g/mol. The molecule has 1 aromatic carbocycles. The van der Waals surface area contributed by atoms with E-state index in [-0.39, 0.29) is 17.7 Å². The van der Waals surface area contributed by atoms with Gasteiger partial charge in [-0.25, -0.2) is 9.37 Å². The van der Waals surface area contributed by atoms with Crippen molar-refractivity contribution >= 4 is 22.9 Å². The van der Waals surface area contributed by atoms with E-state index in [2.05, 4.69) is 10.3 Å². The molecule has 0 aliphatic rings. The van der Waals surface area contributed by atoms with Gasteiger partial charge in [0.2, 0.25) is 11.9 Å². The number of hydrogen-bond acceptors (Lipinski definition) is 4. The predicted molar refractivity (Wildman–Crippen MR) is 73.7 cm³/mol. The SMILES string of the molecule is COCCNC(=O)C(C)n1c(N)nc2cc(F)ccc21. The van der Waals surface area contributed by atoms with Gasteiger partial charge in [0.25, 0.3) is 0 Å². The van der Waals surface area contributed by atoms with Gasteiger partial charge in [0, 0.05) is 19.7 Å². The van der Waals surface area contributed by atoms with Crippen molar-refractivity contribution in [3.63, 3.8) is 0 Å². The number of hydrogen-bond donors (Lipinski definition) is 2. The van der Waals surface area contributed by atoms with Crippen LogP contribution < -0.4 is 11.1 Å². The highest BCUT2D eigenvalue weighted by molar-refractivity contribution is 5.85. The number of nitrogens with zero attached hydrogens (tertiary/aromatic N) is 2. The smallest absolute Gasteiger partial charge is 0.242 e. The molecule has 2 aromatic rings. The van der Waals surface area contributed by atoms with Gasteiger partial charge < -0.3 is 15.8 Å². The summed E-state index contributed by atoms with van der Waals surface area (Å²) in [7, 11) is 1.56. The van der Waals surface area contributed by atoms with Crippen LogP contribution in [0.25, 0.3) is 11.0 Å². The highest BCUT2D eigenvalue weighted by Gasteiger charge is 2.20. The van der Waals surface area contributed by atoms with E-state index in [0.717, 1.165) is 0 Å². The van der Waals surface area contributed by atoms with E-state index in [4.69, 9.17) is 10.5 Å². The van der Waals surface area contributed by atoms with Crippen molar-refractivity contribution in [1.29, 1.82) is 0 Å². The fourth-order valence-electron chi connectivity index (χ4n) is 2.04. The van der Waals surface area contributed by atoms with Crippen molar-refractivity contribution in [1.82, 2.24) is 14.9 Å². The molecule has 1 atom stereocenters. The first kappa shape index (κ1) is 14.3. The molecule has 1 aromatic heterocycles. The van der Waals surface area contributed by atoms with Gasteiger partial charge in [-0.15, -0.1) is 0 Å². The van der Waals surface area contributed by atoms with Crippen molar-refractivity contribution in [2.24, 2.45) is 0 Å². The van der Waals surface area contributed by atoms with Crippen LogP contribution in [0.2, 0.25) is 0 Å². The highest BCUT2D eigenvalue weighted by atomic mass is 19.1. The number of amides is 1. The number of methoxy groups -OCH3 is 1. The monoisotopic (exact) mass is 280 g/mol. The first-order valence-corrected chi connectivity index (χ1v) is 6.24. The van der Waals surface area contributed by atoms with Gasteiger partial charge >= 0.3 is 0 Å². The van der Waals surface area contributed by atoms with Gasteiger partial charge in [0.05, 0.1) is 17.6 Å². The maximum atomic E-state index is 13.2. The third kappa shape index (κ3) is 2.72. The summed E-state index contributed by atoms with van der Waals surface area (Å²) < 4.78 is 19.6. The zero-order chi connectivity index (χ0) is 14.7. The van der Waals surface area contributed by atoms with Gasteiger partial charge in [-0.3, -0.25) is 9.36 Å². The van der Waals surface area contributed by atoms with E-state index in [1.165, 1.54) is 12.1 Å². The summed E-state index contributed by atoms with van der Waals surface area (Å²) >= 11 is 0. The maximum absolute atomic E-state index is 13.2. The third-order valence-electron chi connectivity index (χ3n) is 3.05. The molecule has 1 amide bonds. The number of nitrogens with two attached hydrogens (primary N) is 1. The number of nitrogen functional groups attached to an aromatic ring is 1. The zero-order valence-corrected chi connectivity index (χ0v) is 11.4. The van der Waals surface area contributed by atoms with Crippen LogP contribution in [0.3, 0.4) is 0 Å². The van der Waals surface area contributed by atoms with Crippen molar-refractivity contribution in [3.8, 4) is 0 Å². The fourth-order valence-corrected chi connectivity index (χ4v) is 2.04. The topological polar surface area (TPSA) is 82.2 Å². The van der Waals surface area contributed by atoms with E-state index in [1.807, 2.05) is 0 Å². The van der Waals surface area contributed by atoms with Gasteiger partial charge in [0.1, 0.15) is 11.9 Å². The van der Waals surface area contributed by atoms with Crippen LogP contribution in [0, 0.1) is 5.82 Å². The lowest BCUT2D eigenvalue weighted by Gasteiger charge is -2.15. The predicted octanol–water partition coefficient (Wildman–Crippen LogP) is 1.08. The Morgan fingerprint density at radius 3 is 3.05 bits per heavy atom. The highest BCUT2D eigenvalue weighted by Crippen LogP contribution is 2.23. The van der Waals surface area contributed by atoms with Crippen LogP contribution in [0.1, 0.15) is 13.0 Å². The number of carbonyl (C=O) groups excluding carboxylic acids is 1. The number of benzene rings is 1. The normalized spacial score (nSPS) is 12.6. The number of halogens is 1. The molecule has 0 aliphatic heterocycles. The van der Waals surface area contributed by atoms with Crippen LogP contribution in [-0.2, 0) is 9.53 Å². The molecule has 2 rings (SSSR count). The molecule has 20 heavy (non-hydrogen) atoms. The van der Waals surface area contributed by atoms with Crippen LogP contribution in [0.4, 0.5) is 10.3 Å². The lowest BCUT2D eigenvalue weighted by atomic mass is 10.2. The number of fused-ring (bicyclic) bond motifs is 1. The first-order chi connectivity index (χ1) is 9.54. The van der Waals surface area contributed by atoms with Crippen LogP contribution in [0.15, 0.2) is 18.2 Å². The number of aromatic nitrogens is 2. The summed E-state index contributed by atoms with van der Waals surface area (Å²) in [6.45, 7) is 2.56. The Morgan fingerprint density at radius 1 is 1.60 bits per heavy atom. The van der Waals surface area contributed by atoms with Crippen LogP contribution in [0.5, 0.6) is 0 Å². The largest absolute Gasteiger partial charge is 0.383 e. The summed E-state index contributed by atoms with van der Waals surface area (Å²) in [4.78, 5) is 16.1. The third-order valence-corrected chi connectivity index (χ3v) is 3.05. The molecule has 1 heterocycles. The lowest BCUT2D eigenvalue weighted by Crippen LogP contribution is -2.33. The van der Waals surface area contributed by atoms with Crippen molar-refractivity contribution in [2.75, 3.05) is 26.0 Å². The van der Waals surface area contributed by atoms with E-state index >= 15 is 0 Å². The molecule has 0 spiro atoms. The summed E-state index contributed by atoms with van der Waals surface area (Å²) in [6, 6.07) is 3.63. The molecule has 6 nitrogen and oxygen atoms in total. The summed E-state index contributed by atoms with van der Waals surface area (Å²) in [5, 5.41) is 2.73. The zero-order valence-electron chi connectivity index (χ0n) is 11.4. The van der Waals surface area contributed by atoms with Gasteiger partial charge in [-0.05, 0) is 19.1 Å². The first-order valence-electron chi connectivity index (χ1n) is 6.24. The number of anilines is 1. The Morgan fingerprint density at radius 2 is 2.35 bits per heavy atom. The van der Waals surface area contributed by atoms with Gasteiger partial charge in [0.15, 0.2) is 0 Å². The van der Waals surface area contributed by atoms with Crippen molar-refractivity contribution in [3.05, 3.63) is 24.0 Å². The van der Waals surface area contributed by atoms with E-state index in [9.17, 15) is 9.18 Å². The number of rotatable bonds is 5. The minimum Gasteiger partial charge on any atom is -0.383 e. The molecule has 0 aliphatic carbocycles. The Hall–Kier alpha value is -2.15. The summed E-state index contributed by atoms with van der Waals surface area (Å²) in [6.07, 6.45) is 0. The molecule has 0 bridgehead atoms. The maximum Gasteiger partial charge on any atom is 0.242 e. The standard InChI is InChI=1S/C13H17FN4O2/c1-8(12(19)16-5-6-20-2)18-11-4-3-9(14)7-10(11)17-13(18)15/h3-4,7-8H,5-6H2,1-2H3,(H2,15,17)(H,16,19). The molecule has 7 heteroatoms. The quantitative estimate of drug-likeness (QED) is 0.803. The Kier molecular flexibility index (Phi) is 4.19. The molecule has 0 saturated carbocycles. The molecular formula is C13H17FN4O2. The van der Waals surface area contributed by atoms with Crippen LogP contribution in [-0.4, -0.2) is 35.7 Å². The molecule has 0 saturated heterocycles. The fraction of sp³-hybridized carbons (Fsp3) is 0.385. The van der Waals surface area contributed by atoms with Crippen LogP contribution >= 0.6 is 0 Å². The molecule has 108 valence electrons. The Bertz CT molecular complexity index is 626. The van der Waals surface area contributed by atoms with Gasteiger partial charge in [-0.2, -0.15) is 0 Å². The Balaban J connectivity index is 2.27. The van der Waals surface area contributed by atoms with Gasteiger partial charge in [-0.1, -0.05) is 0 Å². The van der Waals surface area contributed by atoms with E-state index < -0.39 is 6.04 Å². The van der Waals surface area contributed by atoms with E-state index in [0.29, 0.717) is 24.2 Å². The second-order valence-electron chi connectivity index (χ2n) is 4.43. The second-order valence-corrected chi connectivity index (χ2v) is 4.43. The minimum absolute atomic E-state index is 0.181. The molecule has 3 N–H and O–H groups in total. The average Bonchev–Trinajstić information content (AvgIpc) is 2.73. The second kappa shape index (κ2) is 5.87. The molecular weight excluding hydrogens is 263 g/mol. The minimum atomic E-state index is -0.540. The summed E-state index contributed by atoms with van der Waals surface area (Å²) in [5.41, 5.74) is 6.87. The lowest BCUT2D eigenvalue weighted by molar-refractivity contribution is -0.123. The van der Waals surface area contributed by atoms with Crippen molar-refractivity contribution in [2.45, 2.75) is 13.0 Å². The van der Waals surface area contributed by atoms with E-state index in [1.54, 1.807) is 24.7 Å².